The molecule has 32 heavy (non-hydrogen) atoms. The average Bonchev–Trinajstić information content (AvgIpc) is 2.83. The van der Waals surface area contributed by atoms with Crippen molar-refractivity contribution in [3.05, 3.63) is 90.0 Å². The number of nitrogens with zero attached hydrogens (tertiary/aromatic N) is 1. The molecule has 7 nitrogen and oxygen atoms in total. The van der Waals surface area contributed by atoms with Gasteiger partial charge in [-0.25, -0.2) is 13.2 Å². The summed E-state index contributed by atoms with van der Waals surface area (Å²) in [4.78, 5) is 24.4. The predicted molar refractivity (Wildman–Crippen MR) is 121 cm³/mol. The number of sulfonamides is 1. The standard InChI is InChI=1S/C24H22N2O5S/c27-23(25-20-11-2-1-3-12-20)17-31-24(28)19-9-6-13-21(16-19)32(29,30)26-15-7-10-18-8-4-5-14-22(18)26/h1-6,8-9,11-14,16H,7,10,15,17H2,(H,25,27). The van der Waals surface area contributed by atoms with Crippen molar-refractivity contribution in [1.82, 2.24) is 0 Å². The van der Waals surface area contributed by atoms with Gasteiger partial charge in [0.2, 0.25) is 0 Å². The van der Waals surface area contributed by atoms with Crippen molar-refractivity contribution in [2.24, 2.45) is 0 Å². The Bertz CT molecular complexity index is 1240. The fourth-order valence-electron chi connectivity index (χ4n) is 3.59. The molecule has 1 heterocycles. The van der Waals surface area contributed by atoms with E-state index in [2.05, 4.69) is 5.32 Å². The van der Waals surface area contributed by atoms with Crippen LogP contribution in [-0.4, -0.2) is 33.4 Å². The Morgan fingerprint density at radius 3 is 2.50 bits per heavy atom. The highest BCUT2D eigenvalue weighted by Crippen LogP contribution is 2.32. The summed E-state index contributed by atoms with van der Waals surface area (Å²) in [7, 11) is -3.86. The van der Waals surface area contributed by atoms with E-state index in [9.17, 15) is 18.0 Å². The molecule has 1 aliphatic rings. The lowest BCUT2D eigenvalue weighted by molar-refractivity contribution is -0.119. The lowest BCUT2D eigenvalue weighted by atomic mass is 10.0. The van der Waals surface area contributed by atoms with Gasteiger partial charge in [-0.1, -0.05) is 42.5 Å². The summed E-state index contributed by atoms with van der Waals surface area (Å²) in [5.41, 5.74) is 2.28. The first-order valence-corrected chi connectivity index (χ1v) is 11.6. The normalized spacial score (nSPS) is 13.2. The van der Waals surface area contributed by atoms with Gasteiger partial charge in [0.05, 0.1) is 16.1 Å². The monoisotopic (exact) mass is 450 g/mol. The number of esters is 1. The summed E-state index contributed by atoms with van der Waals surface area (Å²) in [5, 5.41) is 2.62. The van der Waals surface area contributed by atoms with E-state index in [0.29, 0.717) is 24.3 Å². The van der Waals surface area contributed by atoms with E-state index in [0.717, 1.165) is 12.0 Å². The summed E-state index contributed by atoms with van der Waals surface area (Å²) in [6, 6.07) is 21.9. The number of hydrogen-bond acceptors (Lipinski definition) is 5. The predicted octanol–water partition coefficient (Wildman–Crippen LogP) is 3.62. The van der Waals surface area contributed by atoms with E-state index in [1.54, 1.807) is 36.4 Å². The van der Waals surface area contributed by atoms with Gasteiger partial charge in [-0.15, -0.1) is 0 Å². The van der Waals surface area contributed by atoms with E-state index in [4.69, 9.17) is 4.74 Å². The molecule has 3 aromatic rings. The molecule has 1 aliphatic heterocycles. The minimum absolute atomic E-state index is 0.00242. The highest BCUT2D eigenvalue weighted by molar-refractivity contribution is 7.92. The van der Waals surface area contributed by atoms with Crippen LogP contribution in [0.5, 0.6) is 0 Å². The third-order valence-electron chi connectivity index (χ3n) is 5.12. The van der Waals surface area contributed by atoms with Gasteiger partial charge in [0.15, 0.2) is 6.61 Å². The molecule has 0 radical (unpaired) electrons. The number of anilines is 2. The molecule has 4 rings (SSSR count). The van der Waals surface area contributed by atoms with E-state index >= 15 is 0 Å². The molecule has 3 aromatic carbocycles. The lowest BCUT2D eigenvalue weighted by Crippen LogP contribution is -2.35. The zero-order chi connectivity index (χ0) is 22.6. The van der Waals surface area contributed by atoms with Crippen molar-refractivity contribution in [2.75, 3.05) is 22.8 Å². The first-order chi connectivity index (χ1) is 15.4. The average molecular weight is 451 g/mol. The number of aryl methyl sites for hydroxylation is 1. The summed E-state index contributed by atoms with van der Waals surface area (Å²) in [6.07, 6.45) is 1.54. The number of hydrogen-bond donors (Lipinski definition) is 1. The molecule has 164 valence electrons. The first-order valence-electron chi connectivity index (χ1n) is 10.2. The molecule has 0 aromatic heterocycles. The van der Waals surface area contributed by atoms with Crippen molar-refractivity contribution < 1.29 is 22.7 Å². The quantitative estimate of drug-likeness (QED) is 0.579. The fourth-order valence-corrected chi connectivity index (χ4v) is 5.18. The molecule has 0 fully saturated rings. The molecule has 0 spiro atoms. The van der Waals surface area contributed by atoms with Gasteiger partial charge in [0.1, 0.15) is 0 Å². The van der Waals surface area contributed by atoms with Crippen LogP contribution < -0.4 is 9.62 Å². The first kappa shape index (κ1) is 21.6. The molecular formula is C24H22N2O5S. The molecule has 0 saturated carbocycles. The summed E-state index contributed by atoms with van der Waals surface area (Å²) < 4.78 is 33.1. The van der Waals surface area contributed by atoms with Crippen LogP contribution in [-0.2, 0) is 26.0 Å². The molecule has 8 heteroatoms. The van der Waals surface area contributed by atoms with Gasteiger partial charge in [0.25, 0.3) is 15.9 Å². The fraction of sp³-hybridized carbons (Fsp3) is 0.167. The highest BCUT2D eigenvalue weighted by atomic mass is 32.2. The maximum atomic E-state index is 13.3. The molecular weight excluding hydrogens is 428 g/mol. The van der Waals surface area contributed by atoms with E-state index < -0.39 is 28.5 Å². The minimum atomic E-state index is -3.86. The Labute approximate surface area is 186 Å². The molecule has 1 N–H and O–H groups in total. The zero-order valence-electron chi connectivity index (χ0n) is 17.2. The SMILES string of the molecule is O=C(COC(=O)c1cccc(S(=O)(=O)N2CCCc3ccccc32)c1)Nc1ccccc1. The number of carbonyl (C=O) groups is 2. The second-order valence-electron chi connectivity index (χ2n) is 7.33. The second-order valence-corrected chi connectivity index (χ2v) is 9.19. The number of fused-ring (bicyclic) bond motifs is 1. The molecule has 0 aliphatic carbocycles. The number of nitrogens with one attached hydrogen (secondary N) is 1. The van der Waals surface area contributed by atoms with Gasteiger partial charge < -0.3 is 10.1 Å². The summed E-state index contributed by atoms with van der Waals surface area (Å²) >= 11 is 0. The highest BCUT2D eigenvalue weighted by Gasteiger charge is 2.29. The Hall–Kier alpha value is -3.65. The largest absolute Gasteiger partial charge is 0.452 e. The van der Waals surface area contributed by atoms with Crippen LogP contribution in [0.4, 0.5) is 11.4 Å². The van der Waals surface area contributed by atoms with E-state index in [-0.39, 0.29) is 10.5 Å². The van der Waals surface area contributed by atoms with Crippen molar-refractivity contribution in [2.45, 2.75) is 17.7 Å². The second kappa shape index (κ2) is 9.23. The maximum Gasteiger partial charge on any atom is 0.338 e. The van der Waals surface area contributed by atoms with Crippen LogP contribution >= 0.6 is 0 Å². The third-order valence-corrected chi connectivity index (χ3v) is 6.93. The smallest absolute Gasteiger partial charge is 0.338 e. The maximum absolute atomic E-state index is 13.3. The Morgan fingerprint density at radius 1 is 0.938 bits per heavy atom. The molecule has 0 bridgehead atoms. The molecule has 0 saturated heterocycles. The Kier molecular flexibility index (Phi) is 6.23. The van der Waals surface area contributed by atoms with E-state index in [1.165, 1.54) is 28.6 Å². The van der Waals surface area contributed by atoms with Gasteiger partial charge in [0, 0.05) is 12.2 Å². The number of para-hydroxylation sites is 2. The summed E-state index contributed by atoms with van der Waals surface area (Å²) in [6.45, 7) is -0.113. The molecule has 1 amide bonds. The van der Waals surface area contributed by atoms with Gasteiger partial charge >= 0.3 is 5.97 Å². The van der Waals surface area contributed by atoms with Gasteiger partial charge in [-0.2, -0.15) is 0 Å². The number of rotatable bonds is 6. The summed E-state index contributed by atoms with van der Waals surface area (Å²) in [5.74, 6) is -1.26. The Balaban J connectivity index is 1.47. The Morgan fingerprint density at radius 2 is 1.69 bits per heavy atom. The number of amides is 1. The van der Waals surface area contributed by atoms with Crippen molar-refractivity contribution in [3.8, 4) is 0 Å². The van der Waals surface area contributed by atoms with Crippen LogP contribution in [0.2, 0.25) is 0 Å². The number of ether oxygens (including phenoxy) is 1. The van der Waals surface area contributed by atoms with Crippen molar-refractivity contribution in [3.63, 3.8) is 0 Å². The van der Waals surface area contributed by atoms with Crippen LogP contribution in [0.3, 0.4) is 0 Å². The van der Waals surface area contributed by atoms with Crippen LogP contribution in [0.1, 0.15) is 22.3 Å². The lowest BCUT2D eigenvalue weighted by Gasteiger charge is -2.30. The van der Waals surface area contributed by atoms with Crippen LogP contribution in [0.15, 0.2) is 83.8 Å². The number of benzene rings is 3. The zero-order valence-corrected chi connectivity index (χ0v) is 18.0. The number of carbonyl (C=O) groups excluding carboxylic acids is 2. The topological polar surface area (TPSA) is 92.8 Å². The van der Waals surface area contributed by atoms with Crippen LogP contribution in [0, 0.1) is 0 Å². The van der Waals surface area contributed by atoms with Crippen molar-refractivity contribution in [1.29, 1.82) is 0 Å². The van der Waals surface area contributed by atoms with Gasteiger partial charge in [-0.3, -0.25) is 9.10 Å². The van der Waals surface area contributed by atoms with E-state index in [1.807, 2.05) is 18.2 Å². The minimum Gasteiger partial charge on any atom is -0.452 e. The van der Waals surface area contributed by atoms with Crippen LogP contribution in [0.25, 0.3) is 0 Å². The van der Waals surface area contributed by atoms with Gasteiger partial charge in [-0.05, 0) is 54.8 Å². The third kappa shape index (κ3) is 4.65. The van der Waals surface area contributed by atoms with Crippen molar-refractivity contribution >= 4 is 33.3 Å². The molecule has 0 atom stereocenters. The molecule has 0 unspecified atom stereocenters.